The lowest BCUT2D eigenvalue weighted by Crippen LogP contribution is -2.44. The molecule has 1 aliphatic rings. The zero-order valence-corrected chi connectivity index (χ0v) is 21.9. The number of ether oxygens (including phenoxy) is 2. The van der Waals surface area contributed by atoms with E-state index in [0.717, 1.165) is 49.1 Å². The molecule has 1 unspecified atom stereocenters. The van der Waals surface area contributed by atoms with Crippen LogP contribution in [0.25, 0.3) is 0 Å². The van der Waals surface area contributed by atoms with Gasteiger partial charge in [0.05, 0.1) is 19.4 Å². The van der Waals surface area contributed by atoms with E-state index >= 15 is 0 Å². The normalized spacial score (nSPS) is 15.8. The Balaban J connectivity index is 0.00000363. The fourth-order valence-corrected chi connectivity index (χ4v) is 3.79. The van der Waals surface area contributed by atoms with Crippen LogP contribution in [0.1, 0.15) is 12.0 Å². The zero-order valence-electron chi connectivity index (χ0n) is 18.9. The lowest BCUT2D eigenvalue weighted by atomic mass is 10.2. The van der Waals surface area contributed by atoms with Crippen molar-refractivity contribution in [2.24, 2.45) is 4.99 Å². The van der Waals surface area contributed by atoms with Gasteiger partial charge in [-0.15, -0.1) is 24.0 Å². The van der Waals surface area contributed by atoms with Crippen LogP contribution < -0.4 is 25.6 Å². The van der Waals surface area contributed by atoms with Gasteiger partial charge in [-0.25, -0.2) is 0 Å². The van der Waals surface area contributed by atoms with Gasteiger partial charge in [-0.3, -0.25) is 4.99 Å². The molecule has 0 aliphatic carbocycles. The summed E-state index contributed by atoms with van der Waals surface area (Å²) in [5.41, 5.74) is 3.31. The first-order valence-electron chi connectivity index (χ1n) is 10.5. The highest BCUT2D eigenvalue weighted by atomic mass is 127. The molecule has 9 heteroatoms. The van der Waals surface area contributed by atoms with E-state index in [1.165, 1.54) is 5.56 Å². The van der Waals surface area contributed by atoms with E-state index < -0.39 is 0 Å². The van der Waals surface area contributed by atoms with Crippen LogP contribution in [-0.4, -0.2) is 59.5 Å². The van der Waals surface area contributed by atoms with Crippen LogP contribution in [-0.2, 0) is 11.3 Å². The first kappa shape index (κ1) is 26.3. The van der Waals surface area contributed by atoms with Gasteiger partial charge < -0.3 is 30.3 Å². The fourth-order valence-electron chi connectivity index (χ4n) is 3.62. The van der Waals surface area contributed by atoms with Crippen LogP contribution in [0.15, 0.2) is 47.5 Å². The summed E-state index contributed by atoms with van der Waals surface area (Å²) in [6.45, 7) is 3.98. The molecule has 1 fully saturated rings. The molecule has 0 radical (unpaired) electrons. The van der Waals surface area contributed by atoms with Gasteiger partial charge in [0, 0.05) is 57.1 Å². The van der Waals surface area contributed by atoms with Crippen molar-refractivity contribution >= 4 is 52.9 Å². The maximum Gasteiger partial charge on any atom is 0.191 e. The average molecular weight is 574 g/mol. The lowest BCUT2D eigenvalue weighted by molar-refractivity contribution is 0.211. The van der Waals surface area contributed by atoms with Crippen molar-refractivity contribution in [1.29, 1.82) is 0 Å². The number of guanidine groups is 1. The van der Waals surface area contributed by atoms with E-state index in [9.17, 15) is 0 Å². The summed E-state index contributed by atoms with van der Waals surface area (Å²) in [5, 5.41) is 11.0. The zero-order chi connectivity index (χ0) is 22.1. The number of halogens is 2. The van der Waals surface area contributed by atoms with Crippen LogP contribution in [0.3, 0.4) is 0 Å². The highest BCUT2D eigenvalue weighted by Gasteiger charge is 2.25. The van der Waals surface area contributed by atoms with Crippen molar-refractivity contribution in [2.75, 3.05) is 57.7 Å². The first-order valence-corrected chi connectivity index (χ1v) is 10.9. The molecule has 1 saturated heterocycles. The minimum atomic E-state index is 0. The van der Waals surface area contributed by atoms with Crippen LogP contribution in [0, 0.1) is 0 Å². The third kappa shape index (κ3) is 7.60. The molecule has 176 valence electrons. The molecule has 1 aliphatic heterocycles. The van der Waals surface area contributed by atoms with E-state index in [2.05, 4.69) is 50.1 Å². The Morgan fingerprint density at radius 1 is 1.19 bits per heavy atom. The van der Waals surface area contributed by atoms with Crippen molar-refractivity contribution in [3.05, 3.63) is 53.1 Å². The Morgan fingerprint density at radius 2 is 1.97 bits per heavy atom. The molecular formula is C23H33ClIN5O2. The van der Waals surface area contributed by atoms with Crippen molar-refractivity contribution in [1.82, 2.24) is 10.6 Å². The van der Waals surface area contributed by atoms with E-state index in [1.54, 1.807) is 21.3 Å². The van der Waals surface area contributed by atoms with E-state index in [4.69, 9.17) is 21.1 Å². The van der Waals surface area contributed by atoms with Crippen molar-refractivity contribution < 1.29 is 9.47 Å². The van der Waals surface area contributed by atoms with Gasteiger partial charge in [-0.1, -0.05) is 23.7 Å². The Hall–Kier alpha value is -1.91. The number of rotatable bonds is 9. The maximum atomic E-state index is 6.20. The second-order valence-electron chi connectivity index (χ2n) is 7.43. The molecule has 0 aromatic heterocycles. The predicted octanol–water partition coefficient (Wildman–Crippen LogP) is 3.97. The lowest BCUT2D eigenvalue weighted by Gasteiger charge is -2.22. The number of hydrogen-bond donors (Lipinski definition) is 3. The van der Waals surface area contributed by atoms with E-state index in [-0.39, 0.29) is 24.0 Å². The van der Waals surface area contributed by atoms with Gasteiger partial charge in [0.2, 0.25) is 0 Å². The Morgan fingerprint density at radius 3 is 2.66 bits per heavy atom. The number of benzene rings is 2. The largest absolute Gasteiger partial charge is 0.495 e. The summed E-state index contributed by atoms with van der Waals surface area (Å²) < 4.78 is 10.6. The number of methoxy groups -OCH3 is 2. The molecule has 1 atom stereocenters. The Kier molecular flexibility index (Phi) is 11.2. The molecule has 2 aromatic carbocycles. The molecule has 0 saturated carbocycles. The summed E-state index contributed by atoms with van der Waals surface area (Å²) >= 11 is 6.20. The monoisotopic (exact) mass is 573 g/mol. The standard InChI is InChI=1S/C23H32ClN5O2.HI/c1-25-23(27-15-17-4-7-19(8-5-17)26-11-13-30-2)28-20-10-12-29(16-20)21-14-18(24)6-9-22(21)31-3;/h4-9,14,20,26H,10-13,15-16H2,1-3H3,(H2,25,27,28);1H. The molecule has 3 rings (SSSR count). The number of anilines is 2. The molecule has 2 aromatic rings. The molecule has 0 bridgehead atoms. The molecule has 3 N–H and O–H groups in total. The summed E-state index contributed by atoms with van der Waals surface area (Å²) in [7, 11) is 5.19. The highest BCUT2D eigenvalue weighted by molar-refractivity contribution is 14.0. The summed E-state index contributed by atoms with van der Waals surface area (Å²) in [6, 6.07) is 14.4. The van der Waals surface area contributed by atoms with Gasteiger partial charge in [-0.05, 0) is 42.3 Å². The number of hydrogen-bond acceptors (Lipinski definition) is 5. The maximum absolute atomic E-state index is 6.20. The molecule has 32 heavy (non-hydrogen) atoms. The average Bonchev–Trinajstić information content (AvgIpc) is 3.26. The van der Waals surface area contributed by atoms with E-state index in [1.807, 2.05) is 18.2 Å². The molecule has 1 heterocycles. The summed E-state index contributed by atoms with van der Waals surface area (Å²) in [4.78, 5) is 6.68. The highest BCUT2D eigenvalue weighted by Crippen LogP contribution is 2.33. The second-order valence-corrected chi connectivity index (χ2v) is 7.87. The number of nitrogens with one attached hydrogen (secondary N) is 3. The van der Waals surface area contributed by atoms with Gasteiger partial charge in [-0.2, -0.15) is 0 Å². The van der Waals surface area contributed by atoms with Gasteiger partial charge in [0.25, 0.3) is 0 Å². The Labute approximate surface area is 212 Å². The topological polar surface area (TPSA) is 70.2 Å². The smallest absolute Gasteiger partial charge is 0.191 e. The Bertz CT molecular complexity index is 866. The summed E-state index contributed by atoms with van der Waals surface area (Å²) in [6.07, 6.45) is 1.01. The number of aliphatic imine (C=N–C) groups is 1. The third-order valence-electron chi connectivity index (χ3n) is 5.28. The third-order valence-corrected chi connectivity index (χ3v) is 5.52. The van der Waals surface area contributed by atoms with Crippen LogP contribution in [0.4, 0.5) is 11.4 Å². The second kappa shape index (κ2) is 13.6. The van der Waals surface area contributed by atoms with Crippen LogP contribution in [0.2, 0.25) is 5.02 Å². The molecule has 0 spiro atoms. The van der Waals surface area contributed by atoms with Crippen molar-refractivity contribution in [3.63, 3.8) is 0 Å². The molecular weight excluding hydrogens is 541 g/mol. The SMILES string of the molecule is CN=C(NCc1ccc(NCCOC)cc1)NC1CCN(c2cc(Cl)ccc2OC)C1.I. The van der Waals surface area contributed by atoms with Gasteiger partial charge in [0.1, 0.15) is 5.75 Å². The van der Waals surface area contributed by atoms with Crippen molar-refractivity contribution in [3.8, 4) is 5.75 Å². The van der Waals surface area contributed by atoms with E-state index in [0.29, 0.717) is 24.2 Å². The van der Waals surface area contributed by atoms with Gasteiger partial charge in [0.15, 0.2) is 5.96 Å². The number of nitrogens with zero attached hydrogens (tertiary/aromatic N) is 2. The first-order chi connectivity index (χ1) is 15.1. The predicted molar refractivity (Wildman–Crippen MR) is 144 cm³/mol. The quantitative estimate of drug-likeness (QED) is 0.183. The van der Waals surface area contributed by atoms with Gasteiger partial charge >= 0.3 is 0 Å². The molecule has 7 nitrogen and oxygen atoms in total. The van der Waals surface area contributed by atoms with Crippen LogP contribution >= 0.6 is 35.6 Å². The minimum Gasteiger partial charge on any atom is -0.495 e. The molecule has 0 amide bonds. The van der Waals surface area contributed by atoms with Crippen molar-refractivity contribution in [2.45, 2.75) is 19.0 Å². The summed E-state index contributed by atoms with van der Waals surface area (Å²) in [5.74, 6) is 1.64. The fraction of sp³-hybridized carbons (Fsp3) is 0.435. The minimum absolute atomic E-state index is 0. The van der Waals surface area contributed by atoms with Crippen LogP contribution in [0.5, 0.6) is 5.75 Å².